The second-order valence-corrected chi connectivity index (χ2v) is 13.5. The highest BCUT2D eigenvalue weighted by Gasteiger charge is 2.32. The maximum atomic E-state index is 13.7. The summed E-state index contributed by atoms with van der Waals surface area (Å²) in [5, 5.41) is 7.75. The van der Waals surface area contributed by atoms with E-state index in [0.29, 0.717) is 30.6 Å². The summed E-state index contributed by atoms with van der Waals surface area (Å²) in [6.45, 7) is 3.88. The molecule has 2 atom stereocenters. The van der Waals surface area contributed by atoms with Gasteiger partial charge < -0.3 is 10.6 Å². The maximum Gasteiger partial charge on any atom is 0.225 e. The minimum atomic E-state index is -3.75. The fourth-order valence-electron chi connectivity index (χ4n) is 5.12. The first-order valence-corrected chi connectivity index (χ1v) is 15.4. The van der Waals surface area contributed by atoms with Crippen LogP contribution in [-0.4, -0.2) is 46.2 Å². The van der Waals surface area contributed by atoms with Crippen LogP contribution in [-0.2, 0) is 9.84 Å². The Bertz CT molecular complexity index is 1670. The molecule has 0 radical (unpaired) electrons. The number of hydrogen-bond donors (Lipinski definition) is 2. The van der Waals surface area contributed by atoms with Gasteiger partial charge in [-0.2, -0.15) is 4.98 Å². The van der Waals surface area contributed by atoms with Gasteiger partial charge in [0.2, 0.25) is 5.95 Å². The Hall–Kier alpha value is -3.25. The molecule has 8 nitrogen and oxygen atoms in total. The SMILES string of the molecule is Cc1nc(NC2CC2)nc(NC2CC[C@H](CS(=O)(=O)c3ccc(F)c(F)c3)C2)c1-c1nc2c(C)nccc2s1. The van der Waals surface area contributed by atoms with Gasteiger partial charge in [0.15, 0.2) is 21.5 Å². The molecule has 3 heterocycles. The van der Waals surface area contributed by atoms with E-state index in [1.165, 1.54) is 0 Å². The molecule has 3 aromatic heterocycles. The molecule has 12 heteroatoms. The van der Waals surface area contributed by atoms with Crippen molar-refractivity contribution in [1.82, 2.24) is 19.9 Å². The third kappa shape index (κ3) is 5.44. The van der Waals surface area contributed by atoms with E-state index in [9.17, 15) is 17.2 Å². The fourth-order valence-corrected chi connectivity index (χ4v) is 7.91. The van der Waals surface area contributed by atoms with E-state index >= 15 is 0 Å². The number of nitrogens with one attached hydrogen (secondary N) is 2. The van der Waals surface area contributed by atoms with Crippen LogP contribution in [0.3, 0.4) is 0 Å². The first kappa shape index (κ1) is 26.0. The quantitative estimate of drug-likeness (QED) is 0.261. The average molecular weight is 571 g/mol. The summed E-state index contributed by atoms with van der Waals surface area (Å²) in [5.74, 6) is -1.23. The van der Waals surface area contributed by atoms with Crippen LogP contribution in [0.2, 0.25) is 0 Å². The zero-order valence-electron chi connectivity index (χ0n) is 21.5. The van der Waals surface area contributed by atoms with Gasteiger partial charge in [-0.05, 0) is 76.1 Å². The van der Waals surface area contributed by atoms with E-state index in [-0.39, 0.29) is 22.6 Å². The van der Waals surface area contributed by atoms with Gasteiger partial charge in [0.1, 0.15) is 16.3 Å². The van der Waals surface area contributed by atoms with Crippen LogP contribution in [0, 0.1) is 31.4 Å². The Morgan fingerprint density at radius 2 is 1.74 bits per heavy atom. The molecule has 2 aliphatic carbocycles. The summed E-state index contributed by atoms with van der Waals surface area (Å²) >= 11 is 1.56. The smallest absolute Gasteiger partial charge is 0.225 e. The lowest BCUT2D eigenvalue weighted by atomic mass is 10.1. The highest BCUT2D eigenvalue weighted by molar-refractivity contribution is 7.91. The Morgan fingerprint density at radius 1 is 0.949 bits per heavy atom. The number of nitrogens with zero attached hydrogens (tertiary/aromatic N) is 4. The van der Waals surface area contributed by atoms with E-state index in [0.717, 1.165) is 69.6 Å². The molecular weight excluding hydrogens is 542 g/mol. The van der Waals surface area contributed by atoms with Crippen molar-refractivity contribution in [3.63, 3.8) is 0 Å². The highest BCUT2D eigenvalue weighted by Crippen LogP contribution is 2.39. The molecule has 204 valence electrons. The maximum absolute atomic E-state index is 13.7. The predicted molar refractivity (Wildman–Crippen MR) is 148 cm³/mol. The number of anilines is 2. The van der Waals surface area contributed by atoms with Crippen molar-refractivity contribution in [2.75, 3.05) is 16.4 Å². The summed E-state index contributed by atoms with van der Waals surface area (Å²) in [4.78, 5) is 18.6. The van der Waals surface area contributed by atoms with Gasteiger partial charge in [0.25, 0.3) is 0 Å². The fraction of sp³-hybridized carbons (Fsp3) is 0.407. The van der Waals surface area contributed by atoms with Crippen molar-refractivity contribution in [1.29, 1.82) is 0 Å². The number of pyridine rings is 1. The number of benzene rings is 1. The number of halogens is 2. The van der Waals surface area contributed by atoms with Crippen molar-refractivity contribution < 1.29 is 17.2 Å². The number of aromatic nitrogens is 4. The van der Waals surface area contributed by atoms with Gasteiger partial charge in [-0.3, -0.25) is 4.98 Å². The van der Waals surface area contributed by atoms with Crippen LogP contribution in [0.15, 0.2) is 35.4 Å². The minimum absolute atomic E-state index is 0.00485. The average Bonchev–Trinajstić information content (AvgIpc) is 3.41. The van der Waals surface area contributed by atoms with Crippen molar-refractivity contribution >= 4 is 43.2 Å². The molecule has 0 amide bonds. The molecule has 1 unspecified atom stereocenters. The zero-order chi connectivity index (χ0) is 27.3. The number of rotatable bonds is 8. The molecule has 1 aromatic carbocycles. The van der Waals surface area contributed by atoms with E-state index in [1.807, 2.05) is 19.9 Å². The molecule has 2 aliphatic rings. The highest BCUT2D eigenvalue weighted by atomic mass is 32.2. The summed E-state index contributed by atoms with van der Waals surface area (Å²) in [6.07, 6.45) is 6.02. The van der Waals surface area contributed by atoms with Crippen LogP contribution in [0.25, 0.3) is 20.8 Å². The lowest BCUT2D eigenvalue weighted by Gasteiger charge is -2.18. The minimum Gasteiger partial charge on any atom is -0.367 e. The largest absolute Gasteiger partial charge is 0.367 e. The zero-order valence-corrected chi connectivity index (χ0v) is 23.2. The van der Waals surface area contributed by atoms with Gasteiger partial charge >= 0.3 is 0 Å². The Kier molecular flexibility index (Phi) is 6.70. The van der Waals surface area contributed by atoms with Gasteiger partial charge in [-0.15, -0.1) is 11.3 Å². The van der Waals surface area contributed by atoms with Gasteiger partial charge in [0.05, 0.1) is 32.3 Å². The third-order valence-electron chi connectivity index (χ3n) is 7.29. The standard InChI is InChI=1S/C27H28F2N6O2S2/c1-14-23(26-34-24-15(2)30-10-9-22(24)38-26)25(35-27(31-14)33-17-5-6-17)32-18-4-3-16(11-18)13-39(36,37)19-7-8-20(28)21(29)12-19/h7-10,12,16-18H,3-6,11,13H2,1-2H3,(H2,31,32,33,35)/t16-,18?/m0/s1. The van der Waals surface area contributed by atoms with Gasteiger partial charge in [-0.25, -0.2) is 27.2 Å². The summed E-state index contributed by atoms with van der Waals surface area (Å²) in [5.41, 5.74) is 3.34. The summed E-state index contributed by atoms with van der Waals surface area (Å²) in [6, 6.07) is 5.07. The predicted octanol–water partition coefficient (Wildman–Crippen LogP) is 5.67. The molecular formula is C27H28F2N6O2S2. The Balaban J connectivity index is 1.25. The van der Waals surface area contributed by atoms with Gasteiger partial charge in [-0.1, -0.05) is 0 Å². The van der Waals surface area contributed by atoms with Crippen molar-refractivity contribution in [2.24, 2.45) is 5.92 Å². The molecule has 0 aliphatic heterocycles. The van der Waals surface area contributed by atoms with E-state index in [1.54, 1.807) is 17.5 Å². The second kappa shape index (κ2) is 10.1. The number of fused-ring (bicyclic) bond motifs is 1. The molecule has 39 heavy (non-hydrogen) atoms. The van der Waals surface area contributed by atoms with Crippen LogP contribution in [0.5, 0.6) is 0 Å². The molecule has 2 fully saturated rings. The Morgan fingerprint density at radius 3 is 2.49 bits per heavy atom. The van der Waals surface area contributed by atoms with Crippen LogP contribution >= 0.6 is 11.3 Å². The lowest BCUT2D eigenvalue weighted by Crippen LogP contribution is -2.21. The molecule has 0 bridgehead atoms. The molecule has 2 saturated carbocycles. The lowest BCUT2D eigenvalue weighted by molar-refractivity contribution is 0.503. The number of hydrogen-bond acceptors (Lipinski definition) is 9. The number of aryl methyl sites for hydroxylation is 2. The second-order valence-electron chi connectivity index (χ2n) is 10.4. The van der Waals surface area contributed by atoms with Crippen LogP contribution < -0.4 is 10.6 Å². The monoisotopic (exact) mass is 570 g/mol. The third-order valence-corrected chi connectivity index (χ3v) is 10.2. The molecule has 2 N–H and O–H groups in total. The normalized spacial score (nSPS) is 19.5. The van der Waals surface area contributed by atoms with Crippen LogP contribution in [0.4, 0.5) is 20.5 Å². The molecule has 4 aromatic rings. The summed E-state index contributed by atoms with van der Waals surface area (Å²) < 4.78 is 53.9. The summed E-state index contributed by atoms with van der Waals surface area (Å²) in [7, 11) is -3.75. The molecule has 0 spiro atoms. The number of thiazole rings is 1. The van der Waals surface area contributed by atoms with E-state index in [4.69, 9.17) is 15.0 Å². The van der Waals surface area contributed by atoms with E-state index < -0.39 is 21.5 Å². The van der Waals surface area contributed by atoms with Crippen LogP contribution in [0.1, 0.15) is 43.5 Å². The van der Waals surface area contributed by atoms with Gasteiger partial charge in [0, 0.05) is 18.3 Å². The molecule has 0 saturated heterocycles. The topological polar surface area (TPSA) is 110 Å². The first-order valence-electron chi connectivity index (χ1n) is 13.0. The van der Waals surface area contributed by atoms with Crippen molar-refractivity contribution in [3.8, 4) is 10.6 Å². The van der Waals surface area contributed by atoms with Crippen molar-refractivity contribution in [2.45, 2.75) is 62.9 Å². The first-order chi connectivity index (χ1) is 18.7. The van der Waals surface area contributed by atoms with E-state index in [2.05, 4.69) is 15.6 Å². The Labute approximate surface area is 229 Å². The van der Waals surface area contributed by atoms with Crippen molar-refractivity contribution in [3.05, 3.63) is 53.5 Å². The molecule has 6 rings (SSSR count). The number of sulfone groups is 1.